The van der Waals surface area contributed by atoms with Gasteiger partial charge in [-0.1, -0.05) is 145 Å². The van der Waals surface area contributed by atoms with Crippen LogP contribution in [0.25, 0.3) is 32.3 Å². The second kappa shape index (κ2) is 43.0. The first-order valence-electron chi connectivity index (χ1n) is 26.9. The van der Waals surface area contributed by atoms with Gasteiger partial charge in [-0.2, -0.15) is 52.6 Å². The maximum absolute atomic E-state index is 2.20. The molecule has 12 rings (SSSR count). The van der Waals surface area contributed by atoms with Gasteiger partial charge in [-0.15, -0.1) is 195 Å². The molecule has 12 aromatic rings. The van der Waals surface area contributed by atoms with E-state index in [0.717, 1.165) is 19.6 Å². The normalized spacial score (nSPS) is 9.68. The summed E-state index contributed by atoms with van der Waals surface area (Å²) in [6, 6.07) is 108. The topological polar surface area (TPSA) is 9.72 Å². The molecule has 9 heteroatoms. The Bertz CT molecular complexity index is 2870. The van der Waals surface area contributed by atoms with Crippen LogP contribution in [-0.4, -0.2) is 76.6 Å². The Hall–Kier alpha value is -5.69. The van der Waals surface area contributed by atoms with Crippen molar-refractivity contribution < 1.29 is 102 Å². The number of benzene rings is 9. The van der Waals surface area contributed by atoms with Crippen molar-refractivity contribution in [1.29, 1.82) is 0 Å². The predicted octanol–water partition coefficient (Wildman–Crippen LogP) is 8.34. The van der Waals surface area contributed by atoms with Crippen LogP contribution in [0.15, 0.2) is 309 Å². The summed E-state index contributed by atoms with van der Waals surface area (Å²) in [5, 5.41) is 7.99. The number of likely N-dealkylation sites (N-methyl/N-ethyl adjacent to an activating group) is 3. The van der Waals surface area contributed by atoms with Crippen LogP contribution >= 0.6 is 0 Å². The molecular weight excluding hydrogens is 1190 g/mol. The van der Waals surface area contributed by atoms with Crippen molar-refractivity contribution in [3.8, 4) is 0 Å². The molecule has 0 spiro atoms. The molecule has 0 aliphatic carbocycles. The van der Waals surface area contributed by atoms with Crippen LogP contribution in [0.1, 0.15) is 33.4 Å². The van der Waals surface area contributed by atoms with E-state index in [9.17, 15) is 0 Å². The van der Waals surface area contributed by atoms with E-state index < -0.39 is 0 Å². The summed E-state index contributed by atoms with van der Waals surface area (Å²) in [6.07, 6.45) is 0. The van der Waals surface area contributed by atoms with Crippen LogP contribution < -0.4 is 37.2 Å². The second-order valence-electron chi connectivity index (χ2n) is 19.8. The maximum Gasteiger partial charge on any atom is 2.00 e. The van der Waals surface area contributed by atoms with Gasteiger partial charge in [-0.25, -0.2) is 0 Å². The zero-order chi connectivity index (χ0) is 54.6. The molecule has 426 valence electrons. The smallest absolute Gasteiger partial charge is 1.00 e. The molecule has 0 aromatic heterocycles. The Kier molecular flexibility index (Phi) is 39.1. The summed E-state index contributed by atoms with van der Waals surface area (Å²) in [5.74, 6) is 4.11. The fourth-order valence-electron chi connectivity index (χ4n) is 9.04. The minimum atomic E-state index is 0. The van der Waals surface area contributed by atoms with Crippen LogP contribution in [0.3, 0.4) is 0 Å². The largest absolute Gasteiger partial charge is 2.00 e. The van der Waals surface area contributed by atoms with Crippen molar-refractivity contribution in [2.75, 3.05) is 61.9 Å². The van der Waals surface area contributed by atoms with Crippen LogP contribution in [0.4, 0.5) is 0 Å². The van der Waals surface area contributed by atoms with E-state index in [2.05, 4.69) is 366 Å². The summed E-state index contributed by atoms with van der Waals surface area (Å²) in [6.45, 7) is 2.86. The fourth-order valence-corrected chi connectivity index (χ4v) is 9.04. The minimum absolute atomic E-state index is 0. The summed E-state index contributed by atoms with van der Waals surface area (Å²) in [7, 11) is 12.6. The number of nitrogens with zero attached hydrogens (tertiary/aromatic N) is 3. The molecule has 0 aliphatic rings. The summed E-state index contributed by atoms with van der Waals surface area (Å²) < 4.78 is 0. The molecule has 0 bridgehead atoms. The molecule has 0 unspecified atom stereocenters. The van der Waals surface area contributed by atoms with Crippen molar-refractivity contribution in [3.63, 3.8) is 0 Å². The number of fused-ring (bicyclic) bond motifs is 3. The van der Waals surface area contributed by atoms with Crippen molar-refractivity contribution in [1.82, 2.24) is 14.7 Å². The monoisotopic (exact) mass is 1270 g/mol. The van der Waals surface area contributed by atoms with Gasteiger partial charge in [0.2, 0.25) is 0 Å². The molecule has 0 saturated carbocycles. The Morgan fingerprint density at radius 2 is 0.405 bits per heavy atom. The SMILES string of the molecule is CN(C)C[C-](c1ccccc1)c1ccccc1.CN(C)C[C-](c1ccccc1)c1ccccc1.CN(C)C[C-](c1ccccc1)c1ccccc1.[Cl-].[Cl-].[Cl-].[Ti+2].[Ti+2].[Ti+2].c1ccc2[cH-]ccc2c1.c1ccc2[cH-]ccc2c1.c1ccc2[cH-]ccc2c1. The van der Waals surface area contributed by atoms with E-state index in [1.807, 2.05) is 0 Å². The zero-order valence-electron chi connectivity index (χ0n) is 49.0. The Morgan fingerprint density at radius 3 is 0.571 bits per heavy atom. The number of hydrogen-bond donors (Lipinski definition) is 0. The molecule has 12 aromatic carbocycles. The van der Waals surface area contributed by atoms with Gasteiger partial charge >= 0.3 is 65.2 Å². The first-order valence-corrected chi connectivity index (χ1v) is 26.9. The van der Waals surface area contributed by atoms with Gasteiger partial charge in [-0.3, -0.25) is 0 Å². The summed E-state index contributed by atoms with van der Waals surface area (Å²) in [4.78, 5) is 6.61. The van der Waals surface area contributed by atoms with Crippen LogP contribution in [-0.2, 0) is 65.2 Å². The standard InChI is InChI=1S/3C16H18N.3C9H7.3ClH.3Ti/c3*1-17(2)13-16(14-9-5-3-6-10-14)15-11-7-4-8-12-15;3*1-2-5-9-7-3-6-8(9)4-1;;;;;;/h3*3-12H,13H2,1-2H3;3*1-7H;3*1H;;;/q6*-1;;;;3*+2/p-3. The van der Waals surface area contributed by atoms with Gasteiger partial charge in [0.05, 0.1) is 0 Å². The molecule has 3 nitrogen and oxygen atoms in total. The molecule has 0 heterocycles. The molecular formula is C75H75Cl3N3Ti3-3. The Labute approximate surface area is 566 Å². The average Bonchev–Trinajstić information content (AvgIpc) is 4.39. The van der Waals surface area contributed by atoms with Crippen molar-refractivity contribution in [2.24, 2.45) is 0 Å². The third kappa shape index (κ3) is 25.9. The Morgan fingerprint density at radius 1 is 0.238 bits per heavy atom. The fraction of sp³-hybridized carbons (Fsp3) is 0.120. The number of halogens is 3. The van der Waals surface area contributed by atoms with Crippen LogP contribution in [0.5, 0.6) is 0 Å². The van der Waals surface area contributed by atoms with E-state index >= 15 is 0 Å². The predicted molar refractivity (Wildman–Crippen MR) is 337 cm³/mol. The van der Waals surface area contributed by atoms with E-state index in [-0.39, 0.29) is 102 Å². The van der Waals surface area contributed by atoms with Gasteiger partial charge in [0, 0.05) is 0 Å². The van der Waals surface area contributed by atoms with Crippen LogP contribution in [0.2, 0.25) is 0 Å². The molecule has 0 fully saturated rings. The number of rotatable bonds is 12. The maximum atomic E-state index is 2.20. The molecule has 0 amide bonds. The van der Waals surface area contributed by atoms with Crippen LogP contribution in [0, 0.1) is 17.8 Å². The number of hydrogen-bond acceptors (Lipinski definition) is 3. The molecule has 0 atom stereocenters. The molecule has 0 N–H and O–H groups in total. The first kappa shape index (κ1) is 76.3. The summed E-state index contributed by atoms with van der Waals surface area (Å²) in [5.41, 5.74) is 7.79. The van der Waals surface area contributed by atoms with Crippen molar-refractivity contribution in [3.05, 3.63) is 361 Å². The van der Waals surface area contributed by atoms with Gasteiger partial charge in [-0.05, 0) is 61.9 Å². The van der Waals surface area contributed by atoms with E-state index in [4.69, 9.17) is 0 Å². The minimum Gasteiger partial charge on any atom is -1.00 e. The Balaban J connectivity index is 0.000000507. The van der Waals surface area contributed by atoms with Gasteiger partial charge < -0.3 is 51.9 Å². The average molecular weight is 1270 g/mol. The van der Waals surface area contributed by atoms with Crippen molar-refractivity contribution >= 4 is 32.3 Å². The van der Waals surface area contributed by atoms with Gasteiger partial charge in [0.15, 0.2) is 0 Å². The van der Waals surface area contributed by atoms with Crippen molar-refractivity contribution in [2.45, 2.75) is 0 Å². The molecule has 0 aliphatic heterocycles. The third-order valence-corrected chi connectivity index (χ3v) is 12.8. The van der Waals surface area contributed by atoms with Gasteiger partial charge in [0.1, 0.15) is 0 Å². The van der Waals surface area contributed by atoms with E-state index in [0.29, 0.717) is 0 Å². The van der Waals surface area contributed by atoms with Gasteiger partial charge in [0.25, 0.3) is 0 Å². The molecule has 0 radical (unpaired) electrons. The quantitative estimate of drug-likeness (QED) is 0.0901. The third-order valence-electron chi connectivity index (χ3n) is 12.8. The summed E-state index contributed by atoms with van der Waals surface area (Å²) >= 11 is 0. The zero-order valence-corrected chi connectivity index (χ0v) is 56.0. The van der Waals surface area contributed by atoms with E-state index in [1.54, 1.807) is 0 Å². The second-order valence-corrected chi connectivity index (χ2v) is 19.8. The molecule has 84 heavy (non-hydrogen) atoms. The first-order chi connectivity index (χ1) is 38.2. The molecule has 0 saturated heterocycles. The van der Waals surface area contributed by atoms with E-state index in [1.165, 1.54) is 83.5 Å².